The van der Waals surface area contributed by atoms with Crippen molar-refractivity contribution < 1.29 is 0 Å². The minimum atomic E-state index is 0.683. The number of aryl methyl sites for hydroxylation is 1. The highest BCUT2D eigenvalue weighted by Crippen LogP contribution is 2.32. The first-order valence-electron chi connectivity index (χ1n) is 7.84. The highest BCUT2D eigenvalue weighted by molar-refractivity contribution is 6.09. The molecule has 0 bridgehead atoms. The van der Waals surface area contributed by atoms with Gasteiger partial charge in [0.15, 0.2) is 0 Å². The second kappa shape index (κ2) is 5.30. The number of nitrogens with zero attached hydrogens (tertiary/aromatic N) is 2. The molecule has 2 heteroatoms. The monoisotopic (exact) mass is 296 g/mol. The molecule has 0 saturated heterocycles. The number of rotatable bonds is 2. The fourth-order valence-electron chi connectivity index (χ4n) is 3.20. The number of aromatic nitrogens is 1. The van der Waals surface area contributed by atoms with E-state index >= 15 is 0 Å². The van der Waals surface area contributed by atoms with Crippen LogP contribution in [0.3, 0.4) is 0 Å². The summed E-state index contributed by atoms with van der Waals surface area (Å²) in [5, 5.41) is 11.6. The van der Waals surface area contributed by atoms with Crippen molar-refractivity contribution >= 4 is 21.8 Å². The number of benzene rings is 3. The molecule has 2 nitrogen and oxygen atoms in total. The van der Waals surface area contributed by atoms with Gasteiger partial charge in [-0.15, -0.1) is 0 Å². The van der Waals surface area contributed by atoms with Crippen LogP contribution in [-0.4, -0.2) is 4.57 Å². The molecular weight excluding hydrogens is 280 g/mol. The maximum Gasteiger partial charge on any atom is 0.0991 e. The standard InChI is InChI=1S/C21H16N2/c1-2-15-9-12-21-19(13-15)18-5-3-4-6-20(18)23(21)17-10-7-16(14-22)8-11-17/h3-13H,2H2,1H3. The van der Waals surface area contributed by atoms with Crippen molar-refractivity contribution in [3.8, 4) is 11.8 Å². The van der Waals surface area contributed by atoms with E-state index in [2.05, 4.69) is 60.0 Å². The summed E-state index contributed by atoms with van der Waals surface area (Å²) in [7, 11) is 0. The molecule has 0 saturated carbocycles. The molecule has 0 spiro atoms. The number of fused-ring (bicyclic) bond motifs is 3. The number of nitriles is 1. The van der Waals surface area contributed by atoms with Gasteiger partial charge in [-0.05, 0) is 54.4 Å². The summed E-state index contributed by atoms with van der Waals surface area (Å²) in [6.07, 6.45) is 1.03. The first-order chi connectivity index (χ1) is 11.3. The molecule has 23 heavy (non-hydrogen) atoms. The fraction of sp³-hybridized carbons (Fsp3) is 0.0952. The molecule has 1 aromatic heterocycles. The van der Waals surface area contributed by atoms with Crippen LogP contribution in [0.25, 0.3) is 27.5 Å². The number of para-hydroxylation sites is 1. The molecular formula is C21H16N2. The van der Waals surface area contributed by atoms with Crippen LogP contribution in [-0.2, 0) is 6.42 Å². The van der Waals surface area contributed by atoms with E-state index in [4.69, 9.17) is 5.26 Å². The third-order valence-electron chi connectivity index (χ3n) is 4.40. The van der Waals surface area contributed by atoms with Crippen molar-refractivity contribution in [3.05, 3.63) is 77.9 Å². The van der Waals surface area contributed by atoms with E-state index in [1.54, 1.807) is 0 Å². The average molecular weight is 296 g/mol. The van der Waals surface area contributed by atoms with Crippen molar-refractivity contribution in [2.24, 2.45) is 0 Å². The second-order valence-corrected chi connectivity index (χ2v) is 5.72. The Morgan fingerprint density at radius 2 is 1.61 bits per heavy atom. The first kappa shape index (κ1) is 13.6. The Kier molecular flexibility index (Phi) is 3.13. The largest absolute Gasteiger partial charge is 0.309 e. The van der Waals surface area contributed by atoms with Gasteiger partial charge in [-0.3, -0.25) is 0 Å². The Hall–Kier alpha value is -3.05. The van der Waals surface area contributed by atoms with Crippen LogP contribution in [0.4, 0.5) is 0 Å². The molecule has 0 aliphatic rings. The molecule has 3 aromatic carbocycles. The molecule has 4 rings (SSSR count). The summed E-state index contributed by atoms with van der Waals surface area (Å²) >= 11 is 0. The van der Waals surface area contributed by atoms with Crippen LogP contribution in [0, 0.1) is 11.3 Å². The molecule has 0 N–H and O–H groups in total. The fourth-order valence-corrected chi connectivity index (χ4v) is 3.20. The van der Waals surface area contributed by atoms with E-state index in [0.717, 1.165) is 12.1 Å². The van der Waals surface area contributed by atoms with Gasteiger partial charge in [0.1, 0.15) is 0 Å². The first-order valence-corrected chi connectivity index (χ1v) is 7.84. The predicted molar refractivity (Wildman–Crippen MR) is 94.9 cm³/mol. The zero-order valence-corrected chi connectivity index (χ0v) is 13.0. The Bertz CT molecular complexity index is 1050. The van der Waals surface area contributed by atoms with E-state index < -0.39 is 0 Å². The molecule has 0 amide bonds. The summed E-state index contributed by atoms with van der Waals surface area (Å²) in [5.74, 6) is 0. The lowest BCUT2D eigenvalue weighted by atomic mass is 10.1. The van der Waals surface area contributed by atoms with Gasteiger partial charge in [0, 0.05) is 16.5 Å². The molecule has 0 atom stereocenters. The van der Waals surface area contributed by atoms with Crippen LogP contribution >= 0.6 is 0 Å². The minimum absolute atomic E-state index is 0.683. The van der Waals surface area contributed by atoms with Gasteiger partial charge in [-0.25, -0.2) is 0 Å². The maximum absolute atomic E-state index is 9.00. The third kappa shape index (κ3) is 2.10. The Morgan fingerprint density at radius 3 is 2.35 bits per heavy atom. The van der Waals surface area contributed by atoms with E-state index in [-0.39, 0.29) is 0 Å². The van der Waals surface area contributed by atoms with Gasteiger partial charge in [0.25, 0.3) is 0 Å². The second-order valence-electron chi connectivity index (χ2n) is 5.72. The van der Waals surface area contributed by atoms with Gasteiger partial charge in [0.2, 0.25) is 0 Å². The molecule has 4 aromatic rings. The van der Waals surface area contributed by atoms with E-state index in [0.29, 0.717) is 5.56 Å². The molecule has 0 aliphatic carbocycles. The van der Waals surface area contributed by atoms with Crippen LogP contribution in [0.1, 0.15) is 18.1 Å². The molecule has 0 fully saturated rings. The smallest absolute Gasteiger partial charge is 0.0991 e. The molecule has 0 radical (unpaired) electrons. The minimum Gasteiger partial charge on any atom is -0.309 e. The summed E-state index contributed by atoms with van der Waals surface area (Å²) in [6, 6.07) is 25.1. The van der Waals surface area contributed by atoms with Crippen LogP contribution in [0.2, 0.25) is 0 Å². The molecule has 0 aliphatic heterocycles. The highest BCUT2D eigenvalue weighted by Gasteiger charge is 2.12. The Labute approximate surface area is 135 Å². The summed E-state index contributed by atoms with van der Waals surface area (Å²) < 4.78 is 2.27. The van der Waals surface area contributed by atoms with Crippen LogP contribution in [0.15, 0.2) is 66.7 Å². The van der Waals surface area contributed by atoms with Crippen LogP contribution < -0.4 is 0 Å². The van der Waals surface area contributed by atoms with Crippen molar-refractivity contribution in [3.63, 3.8) is 0 Å². The summed E-state index contributed by atoms with van der Waals surface area (Å²) in [4.78, 5) is 0. The van der Waals surface area contributed by atoms with Gasteiger partial charge >= 0.3 is 0 Å². The maximum atomic E-state index is 9.00. The number of hydrogen-bond acceptors (Lipinski definition) is 1. The normalized spacial score (nSPS) is 11.0. The van der Waals surface area contributed by atoms with Gasteiger partial charge < -0.3 is 4.57 Å². The SMILES string of the molecule is CCc1ccc2c(c1)c1ccccc1n2-c1ccc(C#N)cc1. The van der Waals surface area contributed by atoms with Crippen molar-refractivity contribution in [1.29, 1.82) is 5.26 Å². The van der Waals surface area contributed by atoms with Gasteiger partial charge in [0.05, 0.1) is 22.7 Å². The summed E-state index contributed by atoms with van der Waals surface area (Å²) in [5.41, 5.74) is 5.51. The molecule has 110 valence electrons. The highest BCUT2D eigenvalue weighted by atomic mass is 15.0. The number of hydrogen-bond donors (Lipinski definition) is 0. The van der Waals surface area contributed by atoms with E-state index in [1.807, 2.05) is 24.3 Å². The summed E-state index contributed by atoms with van der Waals surface area (Å²) in [6.45, 7) is 2.18. The lowest BCUT2D eigenvalue weighted by molar-refractivity contribution is 1.14. The van der Waals surface area contributed by atoms with Crippen molar-refractivity contribution in [2.75, 3.05) is 0 Å². The van der Waals surface area contributed by atoms with Crippen molar-refractivity contribution in [1.82, 2.24) is 4.57 Å². The molecule has 0 unspecified atom stereocenters. The van der Waals surface area contributed by atoms with Gasteiger partial charge in [-0.2, -0.15) is 5.26 Å². The van der Waals surface area contributed by atoms with E-state index in [1.165, 1.54) is 27.4 Å². The Morgan fingerprint density at radius 1 is 0.870 bits per heavy atom. The Balaban J connectivity index is 2.09. The third-order valence-corrected chi connectivity index (χ3v) is 4.40. The zero-order chi connectivity index (χ0) is 15.8. The van der Waals surface area contributed by atoms with E-state index in [9.17, 15) is 0 Å². The topological polar surface area (TPSA) is 28.7 Å². The van der Waals surface area contributed by atoms with Crippen molar-refractivity contribution in [2.45, 2.75) is 13.3 Å². The average Bonchev–Trinajstić information content (AvgIpc) is 2.95. The van der Waals surface area contributed by atoms with Crippen LogP contribution in [0.5, 0.6) is 0 Å². The quantitative estimate of drug-likeness (QED) is 0.498. The zero-order valence-electron chi connectivity index (χ0n) is 13.0. The lowest BCUT2D eigenvalue weighted by Crippen LogP contribution is -1.93. The predicted octanol–water partition coefficient (Wildman–Crippen LogP) is 5.22. The molecule has 1 heterocycles. The van der Waals surface area contributed by atoms with Gasteiger partial charge in [-0.1, -0.05) is 31.2 Å². The lowest BCUT2D eigenvalue weighted by Gasteiger charge is -2.08.